The SMILES string of the molecule is O=C(N1C[C@]2(F)CNC(=O)[C@]2(F)C1)C1(F)CCC1. The van der Waals surface area contributed by atoms with E-state index >= 15 is 0 Å². The zero-order valence-electron chi connectivity index (χ0n) is 9.64. The number of nitrogens with one attached hydrogen (secondary N) is 1. The van der Waals surface area contributed by atoms with Crippen LogP contribution < -0.4 is 5.32 Å². The maximum atomic E-state index is 14.3. The molecule has 2 aliphatic heterocycles. The van der Waals surface area contributed by atoms with Gasteiger partial charge in [-0.1, -0.05) is 0 Å². The predicted molar refractivity (Wildman–Crippen MR) is 55.0 cm³/mol. The summed E-state index contributed by atoms with van der Waals surface area (Å²) in [7, 11) is 0. The van der Waals surface area contributed by atoms with E-state index in [9.17, 15) is 22.8 Å². The van der Waals surface area contributed by atoms with E-state index in [2.05, 4.69) is 5.32 Å². The molecule has 100 valence electrons. The van der Waals surface area contributed by atoms with Gasteiger partial charge in [-0.25, -0.2) is 13.2 Å². The highest BCUT2D eigenvalue weighted by Gasteiger charge is 2.70. The van der Waals surface area contributed by atoms with Gasteiger partial charge in [0.25, 0.3) is 11.8 Å². The molecule has 0 aromatic rings. The molecule has 2 saturated heterocycles. The lowest BCUT2D eigenvalue weighted by Crippen LogP contribution is -2.51. The summed E-state index contributed by atoms with van der Waals surface area (Å²) in [6.45, 7) is -1.72. The standard InChI is InChI=1S/C11H13F3N2O2/c12-9(2-1-3-9)8(18)16-5-10(13)4-15-7(17)11(10,14)6-16/h1-6H2,(H,15,17)/t10-,11-/m1/s1. The normalized spacial score (nSPS) is 41.3. The first-order valence-electron chi connectivity index (χ1n) is 5.95. The molecule has 7 heteroatoms. The van der Waals surface area contributed by atoms with Crippen LogP contribution >= 0.6 is 0 Å². The summed E-state index contributed by atoms with van der Waals surface area (Å²) in [4.78, 5) is 24.0. The number of fused-ring (bicyclic) bond motifs is 1. The van der Waals surface area contributed by atoms with E-state index in [1.165, 1.54) is 0 Å². The van der Waals surface area contributed by atoms with Crippen molar-refractivity contribution in [2.45, 2.75) is 36.3 Å². The van der Waals surface area contributed by atoms with Crippen LogP contribution in [0.2, 0.25) is 0 Å². The Kier molecular flexibility index (Phi) is 2.09. The fourth-order valence-corrected chi connectivity index (χ4v) is 2.85. The van der Waals surface area contributed by atoms with E-state index in [0.717, 1.165) is 4.90 Å². The maximum Gasteiger partial charge on any atom is 0.263 e. The van der Waals surface area contributed by atoms with Crippen LogP contribution in [-0.2, 0) is 9.59 Å². The van der Waals surface area contributed by atoms with Gasteiger partial charge in [0, 0.05) is 0 Å². The van der Waals surface area contributed by atoms with Gasteiger partial charge in [0.15, 0.2) is 11.3 Å². The number of alkyl halides is 3. The number of hydrogen-bond acceptors (Lipinski definition) is 2. The molecule has 0 radical (unpaired) electrons. The van der Waals surface area contributed by atoms with E-state index in [4.69, 9.17) is 0 Å². The lowest BCUT2D eigenvalue weighted by atomic mass is 9.81. The molecule has 3 aliphatic rings. The van der Waals surface area contributed by atoms with Crippen molar-refractivity contribution in [3.05, 3.63) is 0 Å². The van der Waals surface area contributed by atoms with Gasteiger partial charge in [-0.05, 0) is 19.3 Å². The van der Waals surface area contributed by atoms with Gasteiger partial charge >= 0.3 is 0 Å². The van der Waals surface area contributed by atoms with Crippen LogP contribution in [0, 0.1) is 0 Å². The number of carbonyl (C=O) groups is 2. The summed E-state index contributed by atoms with van der Waals surface area (Å²) < 4.78 is 42.5. The predicted octanol–water partition coefficient (Wildman–Crippen LogP) is 0.267. The fourth-order valence-electron chi connectivity index (χ4n) is 2.85. The van der Waals surface area contributed by atoms with Gasteiger partial charge in [-0.15, -0.1) is 0 Å². The molecule has 2 heterocycles. The third-order valence-corrected chi connectivity index (χ3v) is 4.27. The van der Waals surface area contributed by atoms with Gasteiger partial charge in [-0.2, -0.15) is 0 Å². The number of hydrogen-bond donors (Lipinski definition) is 1. The molecule has 0 unspecified atom stereocenters. The molecule has 3 rings (SSSR count). The molecule has 4 nitrogen and oxygen atoms in total. The van der Waals surface area contributed by atoms with E-state index < -0.39 is 48.5 Å². The smallest absolute Gasteiger partial charge is 0.263 e. The number of carbonyl (C=O) groups excluding carboxylic acids is 2. The zero-order chi connectivity index (χ0) is 13.2. The highest BCUT2D eigenvalue weighted by atomic mass is 19.2. The Balaban J connectivity index is 1.83. The molecule has 2 amide bonds. The Morgan fingerprint density at radius 2 is 1.89 bits per heavy atom. The van der Waals surface area contributed by atoms with E-state index in [1.807, 2.05) is 0 Å². The Morgan fingerprint density at radius 1 is 1.22 bits per heavy atom. The third kappa shape index (κ3) is 1.22. The first-order chi connectivity index (χ1) is 8.31. The first-order valence-corrected chi connectivity index (χ1v) is 5.95. The molecule has 1 saturated carbocycles. The number of likely N-dealkylation sites (tertiary alicyclic amines) is 1. The van der Waals surface area contributed by atoms with Crippen molar-refractivity contribution in [1.29, 1.82) is 0 Å². The molecule has 3 fully saturated rings. The second-order valence-electron chi connectivity index (χ2n) is 5.43. The summed E-state index contributed by atoms with van der Waals surface area (Å²) in [6.07, 6.45) is 0.776. The number of rotatable bonds is 1. The lowest BCUT2D eigenvalue weighted by Gasteiger charge is -2.35. The van der Waals surface area contributed by atoms with Crippen LogP contribution in [0.1, 0.15) is 19.3 Å². The van der Waals surface area contributed by atoms with E-state index in [0.29, 0.717) is 6.42 Å². The van der Waals surface area contributed by atoms with Crippen LogP contribution in [0.15, 0.2) is 0 Å². The number of amides is 2. The first kappa shape index (κ1) is 11.8. The highest BCUT2D eigenvalue weighted by molar-refractivity contribution is 5.93. The van der Waals surface area contributed by atoms with Crippen molar-refractivity contribution in [1.82, 2.24) is 10.2 Å². The Hall–Kier alpha value is -1.27. The second kappa shape index (κ2) is 3.19. The Morgan fingerprint density at radius 3 is 2.39 bits per heavy atom. The quantitative estimate of drug-likeness (QED) is 0.737. The third-order valence-electron chi connectivity index (χ3n) is 4.27. The van der Waals surface area contributed by atoms with Gasteiger partial charge in [0.1, 0.15) is 0 Å². The molecule has 0 bridgehead atoms. The molecule has 1 N–H and O–H groups in total. The molecule has 18 heavy (non-hydrogen) atoms. The zero-order valence-corrected chi connectivity index (χ0v) is 9.64. The van der Waals surface area contributed by atoms with Crippen LogP contribution in [0.3, 0.4) is 0 Å². The number of nitrogens with zero attached hydrogens (tertiary/aromatic N) is 1. The topological polar surface area (TPSA) is 49.4 Å². The summed E-state index contributed by atoms with van der Waals surface area (Å²) in [5.74, 6) is -1.94. The summed E-state index contributed by atoms with van der Waals surface area (Å²) in [5, 5.41) is 2.11. The van der Waals surface area contributed by atoms with Crippen molar-refractivity contribution in [2.75, 3.05) is 19.6 Å². The fraction of sp³-hybridized carbons (Fsp3) is 0.818. The maximum absolute atomic E-state index is 14.3. The monoisotopic (exact) mass is 262 g/mol. The molecule has 0 spiro atoms. The van der Waals surface area contributed by atoms with Crippen LogP contribution in [0.25, 0.3) is 0 Å². The largest absolute Gasteiger partial charge is 0.350 e. The Bertz CT molecular complexity index is 440. The van der Waals surface area contributed by atoms with Crippen LogP contribution in [-0.4, -0.2) is 53.4 Å². The molecular formula is C11H13F3N2O2. The van der Waals surface area contributed by atoms with E-state index in [-0.39, 0.29) is 12.8 Å². The van der Waals surface area contributed by atoms with Crippen molar-refractivity contribution in [2.24, 2.45) is 0 Å². The minimum Gasteiger partial charge on any atom is -0.350 e. The van der Waals surface area contributed by atoms with Gasteiger partial charge in [0.05, 0.1) is 19.6 Å². The summed E-state index contributed by atoms with van der Waals surface area (Å²) in [5.41, 5.74) is -7.15. The average molecular weight is 262 g/mol. The van der Waals surface area contributed by atoms with E-state index in [1.54, 1.807) is 0 Å². The van der Waals surface area contributed by atoms with Gasteiger partial charge in [0.2, 0.25) is 5.67 Å². The van der Waals surface area contributed by atoms with Crippen molar-refractivity contribution in [3.63, 3.8) is 0 Å². The summed E-state index contributed by atoms with van der Waals surface area (Å²) in [6, 6.07) is 0. The van der Waals surface area contributed by atoms with Crippen molar-refractivity contribution < 1.29 is 22.8 Å². The number of halogens is 3. The average Bonchev–Trinajstić information content (AvgIpc) is 2.66. The Labute approximate surface area is 102 Å². The minimum absolute atomic E-state index is 0.0904. The van der Waals surface area contributed by atoms with Gasteiger partial charge < -0.3 is 10.2 Å². The molecule has 0 aromatic carbocycles. The molecule has 1 aliphatic carbocycles. The second-order valence-corrected chi connectivity index (χ2v) is 5.43. The molecule has 0 aromatic heterocycles. The molecular weight excluding hydrogens is 249 g/mol. The highest BCUT2D eigenvalue weighted by Crippen LogP contribution is 2.45. The van der Waals surface area contributed by atoms with Crippen LogP contribution in [0.4, 0.5) is 13.2 Å². The lowest BCUT2D eigenvalue weighted by molar-refractivity contribution is -0.149. The van der Waals surface area contributed by atoms with Gasteiger partial charge in [-0.3, -0.25) is 9.59 Å². The van der Waals surface area contributed by atoms with Crippen LogP contribution in [0.5, 0.6) is 0 Å². The van der Waals surface area contributed by atoms with Crippen molar-refractivity contribution in [3.8, 4) is 0 Å². The molecule has 2 atom stereocenters. The minimum atomic E-state index is -2.73. The summed E-state index contributed by atoms with van der Waals surface area (Å²) >= 11 is 0. The van der Waals surface area contributed by atoms with Crippen molar-refractivity contribution >= 4 is 11.8 Å².